The zero-order valence-corrected chi connectivity index (χ0v) is 8.66. The number of carboxylic acid groups (broad SMARTS) is 1. The van der Waals surface area contributed by atoms with Crippen molar-refractivity contribution in [3.8, 4) is 0 Å². The third-order valence-electron chi connectivity index (χ3n) is 3.28. The second-order valence-corrected chi connectivity index (χ2v) is 3.97. The molecule has 0 spiro atoms. The fourth-order valence-electron chi connectivity index (χ4n) is 2.15. The Balaban J connectivity index is 2.59. The Hall–Kier alpha value is -0.570. The Morgan fingerprint density at radius 1 is 1.69 bits per heavy atom. The summed E-state index contributed by atoms with van der Waals surface area (Å²) in [5.74, 6) is -0.799. The van der Waals surface area contributed by atoms with Crippen molar-refractivity contribution in [3.63, 3.8) is 0 Å². The van der Waals surface area contributed by atoms with Gasteiger partial charge in [-0.2, -0.15) is 0 Å². The van der Waals surface area contributed by atoms with Crippen LogP contribution in [0.1, 0.15) is 33.6 Å². The lowest BCUT2D eigenvalue weighted by Gasteiger charge is -2.28. The average molecular weight is 185 g/mol. The first-order valence-electron chi connectivity index (χ1n) is 5.06. The van der Waals surface area contributed by atoms with Gasteiger partial charge in [0.15, 0.2) is 0 Å². The van der Waals surface area contributed by atoms with E-state index in [0.717, 1.165) is 19.4 Å². The Bertz CT molecular complexity index is 193. The second kappa shape index (κ2) is 4.09. The smallest absolute Gasteiger partial charge is 0.308 e. The number of nitrogens with zero attached hydrogens (tertiary/aromatic N) is 1. The topological polar surface area (TPSA) is 40.5 Å². The molecular weight excluding hydrogens is 166 g/mol. The van der Waals surface area contributed by atoms with Crippen LogP contribution in [-0.4, -0.2) is 34.6 Å². The van der Waals surface area contributed by atoms with Crippen LogP contribution >= 0.6 is 0 Å². The number of hydrogen-bond acceptors (Lipinski definition) is 2. The molecule has 3 unspecified atom stereocenters. The second-order valence-electron chi connectivity index (χ2n) is 3.97. The summed E-state index contributed by atoms with van der Waals surface area (Å²) in [5.41, 5.74) is 0. The molecule has 76 valence electrons. The minimum atomic E-state index is -0.640. The molecule has 0 radical (unpaired) electrons. The molecule has 1 fully saturated rings. The van der Waals surface area contributed by atoms with Gasteiger partial charge in [0, 0.05) is 12.1 Å². The fourth-order valence-corrected chi connectivity index (χ4v) is 2.15. The van der Waals surface area contributed by atoms with E-state index in [2.05, 4.69) is 18.7 Å². The van der Waals surface area contributed by atoms with Gasteiger partial charge in [-0.3, -0.25) is 9.69 Å². The summed E-state index contributed by atoms with van der Waals surface area (Å²) < 4.78 is 0. The van der Waals surface area contributed by atoms with Gasteiger partial charge >= 0.3 is 5.97 Å². The third kappa shape index (κ3) is 2.02. The van der Waals surface area contributed by atoms with E-state index in [-0.39, 0.29) is 12.0 Å². The van der Waals surface area contributed by atoms with Gasteiger partial charge in [0.2, 0.25) is 0 Å². The first-order chi connectivity index (χ1) is 6.07. The van der Waals surface area contributed by atoms with Crippen molar-refractivity contribution in [2.45, 2.75) is 45.7 Å². The maximum absolute atomic E-state index is 10.8. The lowest BCUT2D eigenvalue weighted by atomic mass is 10.0. The largest absolute Gasteiger partial charge is 0.481 e. The van der Waals surface area contributed by atoms with Crippen LogP contribution in [0.25, 0.3) is 0 Å². The highest BCUT2D eigenvalue weighted by Gasteiger charge is 2.36. The van der Waals surface area contributed by atoms with E-state index in [4.69, 9.17) is 5.11 Å². The van der Waals surface area contributed by atoms with Gasteiger partial charge in [-0.05, 0) is 33.2 Å². The summed E-state index contributed by atoms with van der Waals surface area (Å²) in [5, 5.41) is 8.93. The van der Waals surface area contributed by atoms with Crippen LogP contribution in [0.3, 0.4) is 0 Å². The maximum Gasteiger partial charge on any atom is 0.308 e. The normalized spacial score (nSPS) is 31.9. The lowest BCUT2D eigenvalue weighted by Crippen LogP contribution is -2.38. The van der Waals surface area contributed by atoms with Gasteiger partial charge in [0.05, 0.1) is 5.92 Å². The predicted molar refractivity (Wildman–Crippen MR) is 51.7 cm³/mol. The Labute approximate surface area is 79.7 Å². The Morgan fingerprint density at radius 3 is 2.69 bits per heavy atom. The van der Waals surface area contributed by atoms with Crippen LogP contribution in [0.15, 0.2) is 0 Å². The highest BCUT2D eigenvalue weighted by molar-refractivity contribution is 5.71. The van der Waals surface area contributed by atoms with E-state index >= 15 is 0 Å². The zero-order chi connectivity index (χ0) is 10.0. The minimum Gasteiger partial charge on any atom is -0.481 e. The highest BCUT2D eigenvalue weighted by Crippen LogP contribution is 2.26. The number of rotatable bonds is 3. The molecule has 13 heavy (non-hydrogen) atoms. The molecule has 0 aliphatic carbocycles. The number of hydrogen-bond donors (Lipinski definition) is 1. The SMILES string of the molecule is CCC(C)N1CCC(C(=O)O)C1C. The molecule has 1 heterocycles. The summed E-state index contributed by atoms with van der Waals surface area (Å²) in [4.78, 5) is 13.1. The molecule has 1 aliphatic heterocycles. The van der Waals surface area contributed by atoms with Crippen LogP contribution in [0.4, 0.5) is 0 Å². The van der Waals surface area contributed by atoms with Crippen molar-refractivity contribution < 1.29 is 9.90 Å². The first-order valence-corrected chi connectivity index (χ1v) is 5.06. The fraction of sp³-hybridized carbons (Fsp3) is 0.900. The third-order valence-corrected chi connectivity index (χ3v) is 3.28. The summed E-state index contributed by atoms with van der Waals surface area (Å²) in [6.07, 6.45) is 1.90. The van der Waals surface area contributed by atoms with Crippen LogP contribution in [0, 0.1) is 5.92 Å². The van der Waals surface area contributed by atoms with Crippen molar-refractivity contribution in [1.29, 1.82) is 0 Å². The van der Waals surface area contributed by atoms with E-state index in [0.29, 0.717) is 6.04 Å². The molecule has 0 aromatic heterocycles. The van der Waals surface area contributed by atoms with E-state index in [1.165, 1.54) is 0 Å². The van der Waals surface area contributed by atoms with Crippen LogP contribution < -0.4 is 0 Å². The quantitative estimate of drug-likeness (QED) is 0.725. The molecule has 1 rings (SSSR count). The van der Waals surface area contributed by atoms with Crippen molar-refractivity contribution >= 4 is 5.97 Å². The molecule has 0 saturated carbocycles. The van der Waals surface area contributed by atoms with Crippen molar-refractivity contribution in [3.05, 3.63) is 0 Å². The Kier molecular flexibility index (Phi) is 3.31. The molecule has 3 nitrogen and oxygen atoms in total. The van der Waals surface area contributed by atoms with Crippen molar-refractivity contribution in [2.24, 2.45) is 5.92 Å². The van der Waals surface area contributed by atoms with E-state index < -0.39 is 5.97 Å². The average Bonchev–Trinajstić information content (AvgIpc) is 2.46. The van der Waals surface area contributed by atoms with Crippen LogP contribution in [0.2, 0.25) is 0 Å². The lowest BCUT2D eigenvalue weighted by molar-refractivity contribution is -0.142. The molecule has 3 heteroatoms. The maximum atomic E-state index is 10.8. The van der Waals surface area contributed by atoms with Crippen molar-refractivity contribution in [1.82, 2.24) is 4.90 Å². The zero-order valence-electron chi connectivity index (χ0n) is 8.66. The van der Waals surface area contributed by atoms with Gasteiger partial charge in [-0.1, -0.05) is 6.92 Å². The van der Waals surface area contributed by atoms with Gasteiger partial charge in [-0.25, -0.2) is 0 Å². The van der Waals surface area contributed by atoms with Gasteiger partial charge in [-0.15, -0.1) is 0 Å². The number of carbonyl (C=O) groups is 1. The molecule has 1 N–H and O–H groups in total. The van der Waals surface area contributed by atoms with Crippen molar-refractivity contribution in [2.75, 3.05) is 6.54 Å². The van der Waals surface area contributed by atoms with E-state index in [1.807, 2.05) is 6.92 Å². The molecule has 0 aromatic rings. The first kappa shape index (κ1) is 10.5. The monoisotopic (exact) mass is 185 g/mol. The molecule has 1 saturated heterocycles. The molecule has 0 amide bonds. The predicted octanol–water partition coefficient (Wildman–Crippen LogP) is 1.58. The van der Waals surface area contributed by atoms with Crippen LogP contribution in [0.5, 0.6) is 0 Å². The molecule has 3 atom stereocenters. The van der Waals surface area contributed by atoms with Crippen LogP contribution in [-0.2, 0) is 4.79 Å². The van der Waals surface area contributed by atoms with Gasteiger partial charge in [0.1, 0.15) is 0 Å². The standard InChI is InChI=1S/C10H19NO2/c1-4-7(2)11-6-5-9(8(11)3)10(12)13/h7-9H,4-6H2,1-3H3,(H,12,13). The van der Waals surface area contributed by atoms with E-state index in [1.54, 1.807) is 0 Å². The molecule has 0 bridgehead atoms. The summed E-state index contributed by atoms with van der Waals surface area (Å²) >= 11 is 0. The number of carboxylic acids is 1. The van der Waals surface area contributed by atoms with Gasteiger partial charge in [0.25, 0.3) is 0 Å². The summed E-state index contributed by atoms with van der Waals surface area (Å²) in [6.45, 7) is 7.28. The molecular formula is C10H19NO2. The van der Waals surface area contributed by atoms with Gasteiger partial charge < -0.3 is 5.11 Å². The minimum absolute atomic E-state index is 0.158. The Morgan fingerprint density at radius 2 is 2.31 bits per heavy atom. The highest BCUT2D eigenvalue weighted by atomic mass is 16.4. The number of likely N-dealkylation sites (tertiary alicyclic amines) is 1. The summed E-state index contributed by atoms with van der Waals surface area (Å²) in [7, 11) is 0. The molecule has 1 aliphatic rings. The summed E-state index contributed by atoms with van der Waals surface area (Å²) in [6, 6.07) is 0.715. The number of aliphatic carboxylic acids is 1. The van der Waals surface area contributed by atoms with E-state index in [9.17, 15) is 4.79 Å². The molecule has 0 aromatic carbocycles.